The molecule has 3 aliphatic carbocycles. The predicted molar refractivity (Wildman–Crippen MR) is 333 cm³/mol. The number of aliphatic hydroxyl groups is 2. The Morgan fingerprint density at radius 2 is 0.907 bits per heavy atom. The summed E-state index contributed by atoms with van der Waals surface area (Å²) in [6, 6.07) is 17.4. The average molecular weight is 1180 g/mol. The van der Waals surface area contributed by atoms with Crippen molar-refractivity contribution in [3.05, 3.63) is 116 Å². The van der Waals surface area contributed by atoms with E-state index in [0.29, 0.717) is 41.2 Å². The summed E-state index contributed by atoms with van der Waals surface area (Å²) in [4.78, 5) is 34.3. The molecule has 3 saturated carbocycles. The minimum Gasteiger partial charge on any atom is -0.390 e. The molecule has 5 fully saturated rings. The lowest BCUT2D eigenvalue weighted by molar-refractivity contribution is -0.168. The van der Waals surface area contributed by atoms with Crippen LogP contribution in [0.5, 0.6) is 0 Å². The van der Waals surface area contributed by atoms with Gasteiger partial charge in [0.05, 0.1) is 52.6 Å². The van der Waals surface area contributed by atoms with Crippen LogP contribution in [-0.4, -0.2) is 112 Å². The van der Waals surface area contributed by atoms with E-state index >= 15 is 0 Å². The van der Waals surface area contributed by atoms with E-state index in [1.54, 1.807) is 6.07 Å². The normalized spacial score (nSPS) is 29.6. The Morgan fingerprint density at radius 1 is 0.512 bits per heavy atom. The van der Waals surface area contributed by atoms with Gasteiger partial charge in [0.1, 0.15) is 83.3 Å². The van der Waals surface area contributed by atoms with E-state index in [1.807, 2.05) is 99.3 Å². The Hall–Kier alpha value is -7.34. The number of nitrogen functional groups attached to an aromatic ring is 5. The first-order valence-corrected chi connectivity index (χ1v) is 30.3. The van der Waals surface area contributed by atoms with E-state index in [4.69, 9.17) is 47.6 Å². The van der Waals surface area contributed by atoms with Gasteiger partial charge in [-0.15, -0.1) is 6.58 Å². The molecule has 22 nitrogen and oxygen atoms in total. The molecule has 12 atom stereocenters. The highest BCUT2D eigenvalue weighted by atomic mass is 16.8. The van der Waals surface area contributed by atoms with Gasteiger partial charge in [-0.2, -0.15) is 0 Å². The number of hydrogen-bond donors (Lipinski definition) is 7. The van der Waals surface area contributed by atoms with Gasteiger partial charge in [0.15, 0.2) is 11.6 Å². The number of nitrogens with zero attached hydrogens (tertiary/aromatic N) is 11. The molecule has 86 heavy (non-hydrogen) atoms. The third-order valence-corrected chi connectivity index (χ3v) is 19.0. The van der Waals surface area contributed by atoms with Crippen LogP contribution in [-0.2, 0) is 31.8 Å². The Labute approximate surface area is 502 Å². The summed E-state index contributed by atoms with van der Waals surface area (Å²) in [7, 11) is 0. The Kier molecular flexibility index (Phi) is 16.7. The SMILES string of the molecule is C=CCC[C@@]1(C)C[C@@H](n2ccc3c(N)ncnc32)[C@@H]2OC(C)(C)O[C@@H]21.CC1(C)O[C@H]2[C@H](n3ccc4c(N)ncnc43)C[C@](C)(CCCCc3cccc(N)n3)[C@H]2O1.C[C@]1(CCCCc2cccc(N)n2)C[C@@H](n2ccc3c(N)ncnc32)[C@H](O)[C@@H]1O. The van der Waals surface area contributed by atoms with Crippen molar-refractivity contribution in [2.45, 2.75) is 198 Å². The third-order valence-electron chi connectivity index (χ3n) is 19.0. The molecule has 2 aliphatic heterocycles. The number of aliphatic hydroxyl groups excluding tert-OH is 2. The molecule has 2 saturated heterocycles. The predicted octanol–water partition coefficient (Wildman–Crippen LogP) is 9.40. The summed E-state index contributed by atoms with van der Waals surface area (Å²) < 4.78 is 31.9. The maximum atomic E-state index is 10.8. The summed E-state index contributed by atoms with van der Waals surface area (Å²) in [6.07, 6.45) is 23.1. The van der Waals surface area contributed by atoms with Crippen LogP contribution in [0.15, 0.2) is 105 Å². The summed E-state index contributed by atoms with van der Waals surface area (Å²) in [6.45, 7) is 18.5. The molecule has 0 radical (unpaired) electrons. The van der Waals surface area contributed by atoms with E-state index < -0.39 is 23.8 Å². The van der Waals surface area contributed by atoms with Gasteiger partial charge >= 0.3 is 0 Å². The van der Waals surface area contributed by atoms with E-state index in [1.165, 1.54) is 19.0 Å². The lowest BCUT2D eigenvalue weighted by Crippen LogP contribution is -2.34. The average Bonchev–Trinajstić information content (AvgIpc) is 1.66. The fourth-order valence-corrected chi connectivity index (χ4v) is 14.6. The second-order valence-electron chi connectivity index (χ2n) is 26.3. The van der Waals surface area contributed by atoms with Gasteiger partial charge in [-0.1, -0.05) is 51.8 Å². The van der Waals surface area contributed by atoms with E-state index in [2.05, 4.69) is 82.6 Å². The number of nitrogens with two attached hydrogens (primary N) is 5. The first-order chi connectivity index (χ1) is 41.0. The third kappa shape index (κ3) is 11.9. The minimum atomic E-state index is -0.859. The van der Waals surface area contributed by atoms with Crippen molar-refractivity contribution in [3.8, 4) is 0 Å². The Morgan fingerprint density at radius 3 is 1.33 bits per heavy atom. The second-order valence-corrected chi connectivity index (χ2v) is 26.3. The number of ether oxygens (including phenoxy) is 4. The molecule has 5 aliphatic rings. The molecule has 22 heteroatoms. The van der Waals surface area contributed by atoms with Crippen molar-refractivity contribution in [2.75, 3.05) is 28.7 Å². The maximum Gasteiger partial charge on any atom is 0.163 e. The number of aromatic nitrogens is 11. The standard InChI is InChI=1S/C24H32N6O2.C21H28N6O2.C19H26N4O2/c1-23(2)31-19-17(30-12-10-16-21(26)27-14-28-22(16)30)13-24(3,20(19)32-23)11-5-4-7-15-8-6-9-18(25)29-15;1-21(9-3-2-5-13-6-4-7-16(22)26-13)11-15(17(28)18(21)29)27-10-8-14-19(23)24-12-25-20(14)27;1-5-6-8-19(4)10-13(14-15(19)25-18(2,3)24-14)23-9-7-12-16(20)21-11-22-17(12)23/h6,8-10,12,14,17,19-20H,4-5,7,11,13H2,1-3H3,(H2,25,29)(H2,26,27,28);4,6-8,10,12,15,17-18,28-29H,2-3,5,9,11H2,1H3,(H2,22,26)(H2,23,24,25);5,7,9,11,13-15H,1,6,8,10H2,2-4H3,(H2,20,21,22)/t17-,19+,20+,24+;15-,17+,18+,21+;13-,14+,15+,19+/m111/s1. The van der Waals surface area contributed by atoms with Gasteiger partial charge < -0.3 is 71.5 Å². The number of allylic oxidation sites excluding steroid dienone is 1. The fraction of sp³-hybridized carbons (Fsp3) is 0.531. The number of hydrogen-bond acceptors (Lipinski definition) is 19. The molecule has 12 N–H and O–H groups in total. The van der Waals surface area contributed by atoms with Crippen molar-refractivity contribution in [2.24, 2.45) is 16.2 Å². The molecule has 8 aromatic heterocycles. The van der Waals surface area contributed by atoms with Crippen molar-refractivity contribution in [1.29, 1.82) is 0 Å². The zero-order chi connectivity index (χ0) is 60.9. The molecule has 13 rings (SSSR count). The number of aryl methyl sites for hydroxylation is 2. The molecular weight excluding hydrogens is 1090 g/mol. The summed E-state index contributed by atoms with van der Waals surface area (Å²) in [5.74, 6) is 1.38. The highest BCUT2D eigenvalue weighted by molar-refractivity contribution is 5.87. The first kappa shape index (κ1) is 60.4. The van der Waals surface area contributed by atoms with Crippen molar-refractivity contribution in [1.82, 2.24) is 53.6 Å². The lowest BCUT2D eigenvalue weighted by atomic mass is 9.80. The Balaban J connectivity index is 0.000000135. The summed E-state index contributed by atoms with van der Waals surface area (Å²) in [5, 5.41) is 24.1. The summed E-state index contributed by atoms with van der Waals surface area (Å²) in [5.41, 5.74) is 33.7. The van der Waals surface area contributed by atoms with E-state index in [0.717, 1.165) is 116 Å². The quantitative estimate of drug-likeness (QED) is 0.0350. The number of unbranched alkanes of at least 4 members (excludes halogenated alkanes) is 2. The molecule has 0 amide bonds. The van der Waals surface area contributed by atoms with Crippen LogP contribution in [0.4, 0.5) is 29.1 Å². The summed E-state index contributed by atoms with van der Waals surface area (Å²) >= 11 is 0. The molecule has 0 bridgehead atoms. The van der Waals surface area contributed by atoms with Gasteiger partial charge in [-0.3, -0.25) is 0 Å². The monoisotopic (exact) mass is 1170 g/mol. The van der Waals surface area contributed by atoms with Gasteiger partial charge in [-0.25, -0.2) is 39.9 Å². The molecule has 8 aromatic rings. The van der Waals surface area contributed by atoms with Gasteiger partial charge in [-0.05, 0) is 157 Å². The Bertz CT molecular complexity index is 3700. The van der Waals surface area contributed by atoms with Crippen molar-refractivity contribution in [3.63, 3.8) is 0 Å². The largest absolute Gasteiger partial charge is 0.390 e. The lowest BCUT2D eigenvalue weighted by Gasteiger charge is -2.32. The highest BCUT2D eigenvalue weighted by Crippen LogP contribution is 2.57. The number of fused-ring (bicyclic) bond motifs is 5. The number of rotatable bonds is 16. The van der Waals surface area contributed by atoms with Gasteiger partial charge in [0, 0.05) is 30.0 Å². The van der Waals surface area contributed by atoms with Crippen molar-refractivity contribution < 1.29 is 29.2 Å². The number of pyridine rings is 2. The smallest absolute Gasteiger partial charge is 0.163 e. The minimum absolute atomic E-state index is 0.00140. The molecule has 0 unspecified atom stereocenters. The van der Waals surface area contributed by atoms with Crippen LogP contribution in [0.2, 0.25) is 0 Å². The second kappa shape index (κ2) is 23.7. The highest BCUT2D eigenvalue weighted by Gasteiger charge is 2.61. The molecule has 0 aromatic carbocycles. The number of anilines is 5. The van der Waals surface area contributed by atoms with Crippen LogP contribution in [0, 0.1) is 16.2 Å². The van der Waals surface area contributed by atoms with Crippen molar-refractivity contribution >= 4 is 62.2 Å². The molecule has 458 valence electrons. The fourth-order valence-electron chi connectivity index (χ4n) is 14.6. The first-order valence-electron chi connectivity index (χ1n) is 30.3. The topological polar surface area (TPSA) is 325 Å². The van der Waals surface area contributed by atoms with E-state index in [9.17, 15) is 10.2 Å². The molecular formula is C64H86N16O6. The molecule has 0 spiro atoms. The van der Waals surface area contributed by atoms with Crippen LogP contribution in [0.1, 0.15) is 149 Å². The van der Waals surface area contributed by atoms with Crippen LogP contribution < -0.4 is 28.7 Å². The maximum absolute atomic E-state index is 10.8. The zero-order valence-corrected chi connectivity index (χ0v) is 50.7. The van der Waals surface area contributed by atoms with Crippen LogP contribution in [0.25, 0.3) is 33.1 Å². The van der Waals surface area contributed by atoms with Gasteiger partial charge in [0.25, 0.3) is 0 Å². The van der Waals surface area contributed by atoms with Gasteiger partial charge in [0.2, 0.25) is 0 Å². The van der Waals surface area contributed by atoms with E-state index in [-0.39, 0.29) is 58.8 Å². The molecule has 10 heterocycles. The van der Waals surface area contributed by atoms with Crippen LogP contribution >= 0.6 is 0 Å². The van der Waals surface area contributed by atoms with Crippen LogP contribution in [0.3, 0.4) is 0 Å². The zero-order valence-electron chi connectivity index (χ0n) is 50.7.